The summed E-state index contributed by atoms with van der Waals surface area (Å²) < 4.78 is 5.35. The molecule has 0 aromatic heterocycles. The fourth-order valence-corrected chi connectivity index (χ4v) is 3.35. The van der Waals surface area contributed by atoms with Gasteiger partial charge in [0.2, 0.25) is 0 Å². The van der Waals surface area contributed by atoms with E-state index >= 15 is 0 Å². The van der Waals surface area contributed by atoms with Crippen LogP contribution in [0.3, 0.4) is 0 Å². The second-order valence-corrected chi connectivity index (χ2v) is 6.63. The van der Waals surface area contributed by atoms with E-state index in [4.69, 9.17) is 4.74 Å². The van der Waals surface area contributed by atoms with Crippen molar-refractivity contribution in [3.8, 4) is 5.75 Å². The Morgan fingerprint density at radius 1 is 1.33 bits per heavy atom. The molecule has 0 aliphatic heterocycles. The van der Waals surface area contributed by atoms with Crippen LogP contribution < -0.4 is 10.1 Å². The maximum atomic E-state index is 5.35. The van der Waals surface area contributed by atoms with Crippen LogP contribution in [0.2, 0.25) is 0 Å². The van der Waals surface area contributed by atoms with Gasteiger partial charge in [-0.25, -0.2) is 0 Å². The third-order valence-electron chi connectivity index (χ3n) is 4.64. The molecule has 1 aromatic rings. The molecular formula is C18H30N2O. The van der Waals surface area contributed by atoms with Gasteiger partial charge < -0.3 is 15.0 Å². The Hall–Kier alpha value is -1.06. The normalized spacial score (nSPS) is 24.0. The van der Waals surface area contributed by atoms with Crippen molar-refractivity contribution in [3.63, 3.8) is 0 Å². The molecule has 1 aromatic carbocycles. The summed E-state index contributed by atoms with van der Waals surface area (Å²) in [5.74, 6) is 1.80. The molecule has 0 saturated heterocycles. The van der Waals surface area contributed by atoms with Gasteiger partial charge in [-0.2, -0.15) is 0 Å². The second kappa shape index (κ2) is 7.81. The van der Waals surface area contributed by atoms with Crippen molar-refractivity contribution in [2.24, 2.45) is 5.92 Å². The lowest BCUT2D eigenvalue weighted by molar-refractivity contribution is 0.248. The predicted molar refractivity (Wildman–Crippen MR) is 88.8 cm³/mol. The summed E-state index contributed by atoms with van der Waals surface area (Å²) in [4.78, 5) is 2.29. The zero-order valence-electron chi connectivity index (χ0n) is 13.9. The molecule has 0 heterocycles. The molecule has 1 N–H and O–H groups in total. The van der Waals surface area contributed by atoms with Crippen molar-refractivity contribution in [2.75, 3.05) is 27.7 Å². The minimum absolute atomic E-state index is 0.386. The summed E-state index contributed by atoms with van der Waals surface area (Å²) in [7, 11) is 6.02. The van der Waals surface area contributed by atoms with Gasteiger partial charge in [0.1, 0.15) is 5.75 Å². The van der Waals surface area contributed by atoms with Crippen LogP contribution in [0.4, 0.5) is 0 Å². The molecule has 0 amide bonds. The van der Waals surface area contributed by atoms with E-state index < -0.39 is 0 Å². The van der Waals surface area contributed by atoms with E-state index in [1.54, 1.807) is 7.11 Å². The van der Waals surface area contributed by atoms with Gasteiger partial charge in [-0.15, -0.1) is 0 Å². The van der Waals surface area contributed by atoms with Crippen LogP contribution in [0.15, 0.2) is 24.3 Å². The number of rotatable bonds is 6. The van der Waals surface area contributed by atoms with Gasteiger partial charge in [-0.1, -0.05) is 31.9 Å². The van der Waals surface area contributed by atoms with Crippen molar-refractivity contribution in [2.45, 2.75) is 44.7 Å². The van der Waals surface area contributed by atoms with Crippen LogP contribution in [0, 0.1) is 5.92 Å². The maximum absolute atomic E-state index is 5.35. The summed E-state index contributed by atoms with van der Waals surface area (Å²) in [6, 6.07) is 9.49. The second-order valence-electron chi connectivity index (χ2n) is 6.63. The first-order valence-corrected chi connectivity index (χ1v) is 8.14. The van der Waals surface area contributed by atoms with Crippen molar-refractivity contribution in [1.82, 2.24) is 10.2 Å². The highest BCUT2D eigenvalue weighted by atomic mass is 16.5. The Balaban J connectivity index is 1.98. The molecule has 1 aliphatic rings. The molecule has 0 radical (unpaired) electrons. The average Bonchev–Trinajstić information content (AvgIpc) is 2.47. The minimum Gasteiger partial charge on any atom is -0.497 e. The molecule has 21 heavy (non-hydrogen) atoms. The SMILES string of the molecule is COc1cccc(C(CNC2CCCC(C)C2)N(C)C)c1. The van der Waals surface area contributed by atoms with E-state index in [9.17, 15) is 0 Å². The molecule has 3 atom stereocenters. The van der Waals surface area contributed by atoms with Crippen LogP contribution in [-0.4, -0.2) is 38.7 Å². The van der Waals surface area contributed by atoms with Crippen molar-refractivity contribution < 1.29 is 4.74 Å². The van der Waals surface area contributed by atoms with E-state index in [0.717, 1.165) is 18.2 Å². The molecule has 1 fully saturated rings. The third kappa shape index (κ3) is 4.72. The number of likely N-dealkylation sites (N-methyl/N-ethyl adjacent to an activating group) is 1. The number of hydrogen-bond donors (Lipinski definition) is 1. The molecule has 1 saturated carbocycles. The van der Waals surface area contributed by atoms with Crippen LogP contribution in [0.1, 0.15) is 44.2 Å². The van der Waals surface area contributed by atoms with Crippen LogP contribution >= 0.6 is 0 Å². The Labute approximate surface area is 129 Å². The highest BCUT2D eigenvalue weighted by Crippen LogP contribution is 2.25. The van der Waals surface area contributed by atoms with E-state index in [2.05, 4.69) is 49.4 Å². The number of hydrogen-bond acceptors (Lipinski definition) is 3. The fourth-order valence-electron chi connectivity index (χ4n) is 3.35. The summed E-state index contributed by atoms with van der Waals surface area (Å²) >= 11 is 0. The van der Waals surface area contributed by atoms with Crippen LogP contribution in [-0.2, 0) is 0 Å². The van der Waals surface area contributed by atoms with Crippen molar-refractivity contribution >= 4 is 0 Å². The molecule has 1 aliphatic carbocycles. The lowest BCUT2D eigenvalue weighted by Crippen LogP contribution is -2.39. The monoisotopic (exact) mass is 290 g/mol. The lowest BCUT2D eigenvalue weighted by atomic mass is 9.87. The largest absolute Gasteiger partial charge is 0.497 e. The highest BCUT2D eigenvalue weighted by molar-refractivity contribution is 5.30. The molecule has 0 spiro atoms. The molecule has 2 rings (SSSR count). The minimum atomic E-state index is 0.386. The van der Waals surface area contributed by atoms with Gasteiger partial charge in [-0.3, -0.25) is 0 Å². The fraction of sp³-hybridized carbons (Fsp3) is 0.667. The van der Waals surface area contributed by atoms with E-state index in [-0.39, 0.29) is 0 Å². The molecule has 0 bridgehead atoms. The van der Waals surface area contributed by atoms with Crippen LogP contribution in [0.5, 0.6) is 5.75 Å². The number of ether oxygens (including phenoxy) is 1. The highest BCUT2D eigenvalue weighted by Gasteiger charge is 2.21. The van der Waals surface area contributed by atoms with Gasteiger partial charge in [0.15, 0.2) is 0 Å². The Morgan fingerprint density at radius 3 is 2.81 bits per heavy atom. The molecule has 3 heteroatoms. The average molecular weight is 290 g/mol. The van der Waals surface area contributed by atoms with Crippen molar-refractivity contribution in [3.05, 3.63) is 29.8 Å². The van der Waals surface area contributed by atoms with Gasteiger partial charge in [0.25, 0.3) is 0 Å². The molecular weight excluding hydrogens is 260 g/mol. The first kappa shape index (κ1) is 16.3. The number of methoxy groups -OCH3 is 1. The van der Waals surface area contributed by atoms with Gasteiger partial charge in [0.05, 0.1) is 7.11 Å². The Bertz CT molecular complexity index is 433. The standard InChI is InChI=1S/C18H30N2O/c1-14-7-5-9-16(11-14)19-13-18(20(2)3)15-8-6-10-17(12-15)21-4/h6,8,10,12,14,16,18-19H,5,7,9,11,13H2,1-4H3. The summed E-state index contributed by atoms with van der Waals surface area (Å²) in [5, 5.41) is 3.79. The smallest absolute Gasteiger partial charge is 0.119 e. The Kier molecular flexibility index (Phi) is 6.07. The zero-order valence-corrected chi connectivity index (χ0v) is 13.9. The number of nitrogens with one attached hydrogen (secondary N) is 1. The van der Waals surface area contributed by atoms with E-state index in [0.29, 0.717) is 12.1 Å². The van der Waals surface area contributed by atoms with Crippen molar-refractivity contribution in [1.29, 1.82) is 0 Å². The lowest BCUT2D eigenvalue weighted by Gasteiger charge is -2.31. The van der Waals surface area contributed by atoms with E-state index in [1.165, 1.54) is 31.2 Å². The first-order valence-electron chi connectivity index (χ1n) is 8.14. The zero-order chi connectivity index (χ0) is 15.2. The molecule has 3 nitrogen and oxygen atoms in total. The maximum Gasteiger partial charge on any atom is 0.119 e. The molecule has 118 valence electrons. The summed E-state index contributed by atoms with van der Waals surface area (Å²) in [6.45, 7) is 3.37. The topological polar surface area (TPSA) is 24.5 Å². The first-order chi connectivity index (χ1) is 10.1. The Morgan fingerprint density at radius 2 is 2.14 bits per heavy atom. The number of nitrogens with zero attached hydrogens (tertiary/aromatic N) is 1. The van der Waals surface area contributed by atoms with Gasteiger partial charge in [0, 0.05) is 18.6 Å². The molecule has 3 unspecified atom stereocenters. The summed E-state index contributed by atoms with van der Waals surface area (Å²) in [5.41, 5.74) is 1.32. The van der Waals surface area contributed by atoms with E-state index in [1.807, 2.05) is 6.07 Å². The quantitative estimate of drug-likeness (QED) is 0.868. The summed E-state index contributed by atoms with van der Waals surface area (Å²) in [6.07, 6.45) is 5.40. The number of benzene rings is 1. The third-order valence-corrected chi connectivity index (χ3v) is 4.64. The van der Waals surface area contributed by atoms with Crippen LogP contribution in [0.25, 0.3) is 0 Å². The van der Waals surface area contributed by atoms with Gasteiger partial charge in [-0.05, 0) is 50.6 Å². The van der Waals surface area contributed by atoms with Gasteiger partial charge >= 0.3 is 0 Å². The predicted octanol–water partition coefficient (Wildman–Crippen LogP) is 3.47.